The van der Waals surface area contributed by atoms with Gasteiger partial charge in [0.05, 0.1) is 12.4 Å². The third-order valence-corrected chi connectivity index (χ3v) is 4.22. The first-order valence-electron chi connectivity index (χ1n) is 7.86. The number of aromatic nitrogens is 4. The standard InChI is InChI=1S/C17H18N6O/c18-17-21-15(20-12-4-2-1-3-5-12)14-16(22-17)23(10-19-14)13-7-6-11(8-13)9-24/h1-7,10-11,13,24H,8-9H2,(H3,18,20,21,22). The summed E-state index contributed by atoms with van der Waals surface area (Å²) in [5, 5.41) is 12.6. The van der Waals surface area contributed by atoms with E-state index in [9.17, 15) is 5.11 Å². The van der Waals surface area contributed by atoms with Crippen LogP contribution in [0.2, 0.25) is 0 Å². The van der Waals surface area contributed by atoms with Crippen LogP contribution in [-0.4, -0.2) is 31.2 Å². The van der Waals surface area contributed by atoms with E-state index in [1.165, 1.54) is 0 Å². The van der Waals surface area contributed by atoms with Gasteiger partial charge < -0.3 is 20.7 Å². The van der Waals surface area contributed by atoms with Crippen LogP contribution in [0, 0.1) is 5.92 Å². The summed E-state index contributed by atoms with van der Waals surface area (Å²) in [7, 11) is 0. The molecule has 0 fully saturated rings. The molecule has 0 radical (unpaired) electrons. The van der Waals surface area contributed by atoms with Gasteiger partial charge in [0.25, 0.3) is 0 Å². The number of nitrogens with zero attached hydrogens (tertiary/aromatic N) is 4. The highest BCUT2D eigenvalue weighted by molar-refractivity contribution is 5.86. The van der Waals surface area contributed by atoms with E-state index in [2.05, 4.69) is 26.3 Å². The van der Waals surface area contributed by atoms with Crippen LogP contribution in [0.4, 0.5) is 17.5 Å². The predicted molar refractivity (Wildman–Crippen MR) is 92.8 cm³/mol. The Kier molecular flexibility index (Phi) is 3.62. The molecule has 2 unspecified atom stereocenters. The minimum atomic E-state index is 0.117. The second-order valence-electron chi connectivity index (χ2n) is 5.88. The fraction of sp³-hybridized carbons (Fsp3) is 0.235. The van der Waals surface area contributed by atoms with Gasteiger partial charge in [0.15, 0.2) is 17.0 Å². The van der Waals surface area contributed by atoms with E-state index < -0.39 is 0 Å². The molecule has 3 aromatic rings. The average Bonchev–Trinajstić information content (AvgIpc) is 3.22. The average molecular weight is 322 g/mol. The lowest BCUT2D eigenvalue weighted by atomic mass is 10.1. The van der Waals surface area contributed by atoms with Gasteiger partial charge in [-0.3, -0.25) is 0 Å². The number of nitrogens with one attached hydrogen (secondary N) is 1. The molecule has 0 bridgehead atoms. The zero-order chi connectivity index (χ0) is 16.5. The van der Waals surface area contributed by atoms with Crippen LogP contribution in [-0.2, 0) is 0 Å². The summed E-state index contributed by atoms with van der Waals surface area (Å²) >= 11 is 0. The maximum atomic E-state index is 9.32. The SMILES string of the molecule is Nc1nc(Nc2ccccc2)c2ncn(C3C=CC(CO)C3)c2n1. The Hall–Kier alpha value is -2.93. The van der Waals surface area contributed by atoms with E-state index in [0.717, 1.165) is 12.1 Å². The van der Waals surface area contributed by atoms with Crippen LogP contribution in [0.15, 0.2) is 48.8 Å². The lowest BCUT2D eigenvalue weighted by Crippen LogP contribution is -2.09. The molecule has 2 atom stereocenters. The van der Waals surface area contributed by atoms with Gasteiger partial charge in [0.1, 0.15) is 0 Å². The first kappa shape index (κ1) is 14.6. The van der Waals surface area contributed by atoms with E-state index in [4.69, 9.17) is 5.73 Å². The molecular weight excluding hydrogens is 304 g/mol. The molecule has 0 spiro atoms. The topological polar surface area (TPSA) is 102 Å². The van der Waals surface area contributed by atoms with Crippen molar-refractivity contribution in [3.05, 3.63) is 48.8 Å². The number of hydrogen-bond acceptors (Lipinski definition) is 6. The highest BCUT2D eigenvalue weighted by atomic mass is 16.3. The second kappa shape index (κ2) is 5.93. The molecule has 1 aromatic carbocycles. The maximum Gasteiger partial charge on any atom is 0.224 e. The van der Waals surface area contributed by atoms with E-state index in [1.807, 2.05) is 41.0 Å². The van der Waals surface area contributed by atoms with Crippen LogP contribution in [0.25, 0.3) is 11.2 Å². The first-order valence-corrected chi connectivity index (χ1v) is 7.86. The molecule has 1 aliphatic rings. The summed E-state index contributed by atoms with van der Waals surface area (Å²) < 4.78 is 1.98. The number of aliphatic hydroxyl groups excluding tert-OH is 1. The van der Waals surface area contributed by atoms with Crippen LogP contribution >= 0.6 is 0 Å². The van der Waals surface area contributed by atoms with Gasteiger partial charge in [0.2, 0.25) is 5.95 Å². The third kappa shape index (κ3) is 2.59. The first-order chi connectivity index (χ1) is 11.7. The third-order valence-electron chi connectivity index (χ3n) is 4.22. The summed E-state index contributed by atoms with van der Waals surface area (Å²) in [4.78, 5) is 13.1. The van der Waals surface area contributed by atoms with Crippen molar-refractivity contribution in [1.82, 2.24) is 19.5 Å². The van der Waals surface area contributed by atoms with Gasteiger partial charge in [-0.1, -0.05) is 30.4 Å². The maximum absolute atomic E-state index is 9.32. The molecule has 7 nitrogen and oxygen atoms in total. The molecule has 2 aromatic heterocycles. The van der Waals surface area contributed by atoms with E-state index in [-0.39, 0.29) is 24.5 Å². The molecule has 0 saturated heterocycles. The van der Waals surface area contributed by atoms with Crippen LogP contribution in [0.5, 0.6) is 0 Å². The molecular formula is C17H18N6O. The Morgan fingerprint density at radius 1 is 1.21 bits per heavy atom. The van der Waals surface area contributed by atoms with Crippen molar-refractivity contribution in [2.24, 2.45) is 5.92 Å². The minimum absolute atomic E-state index is 0.117. The zero-order valence-corrected chi connectivity index (χ0v) is 13.0. The molecule has 0 aliphatic heterocycles. The summed E-state index contributed by atoms with van der Waals surface area (Å²) in [5.74, 6) is 0.958. The Morgan fingerprint density at radius 3 is 2.79 bits per heavy atom. The molecule has 24 heavy (non-hydrogen) atoms. The smallest absolute Gasteiger partial charge is 0.224 e. The van der Waals surface area contributed by atoms with Crippen LogP contribution in [0.3, 0.4) is 0 Å². The molecule has 7 heteroatoms. The van der Waals surface area contributed by atoms with E-state index >= 15 is 0 Å². The lowest BCUT2D eigenvalue weighted by Gasteiger charge is -2.13. The second-order valence-corrected chi connectivity index (χ2v) is 5.88. The van der Waals surface area contributed by atoms with Crippen molar-refractivity contribution in [3.63, 3.8) is 0 Å². The van der Waals surface area contributed by atoms with Gasteiger partial charge in [-0.25, -0.2) is 4.98 Å². The Morgan fingerprint density at radius 2 is 2.04 bits per heavy atom. The number of nitrogens with two attached hydrogens (primary N) is 1. The number of nitrogen functional groups attached to an aromatic ring is 1. The zero-order valence-electron chi connectivity index (χ0n) is 13.0. The predicted octanol–water partition coefficient (Wildman–Crippen LogP) is 2.26. The fourth-order valence-electron chi connectivity index (χ4n) is 3.02. The number of anilines is 3. The number of benzene rings is 1. The highest BCUT2D eigenvalue weighted by Gasteiger charge is 2.23. The van der Waals surface area contributed by atoms with Crippen molar-refractivity contribution in [2.75, 3.05) is 17.7 Å². The lowest BCUT2D eigenvalue weighted by molar-refractivity contribution is 0.244. The van der Waals surface area contributed by atoms with E-state index in [0.29, 0.717) is 17.0 Å². The Balaban J connectivity index is 1.73. The molecule has 1 aliphatic carbocycles. The molecule has 4 rings (SSSR count). The number of rotatable bonds is 4. The normalized spacial score (nSPS) is 19.9. The number of imidazole rings is 1. The van der Waals surface area contributed by atoms with Crippen molar-refractivity contribution in [3.8, 4) is 0 Å². The number of para-hydroxylation sites is 1. The summed E-state index contributed by atoms with van der Waals surface area (Å²) in [6, 6.07) is 9.86. The van der Waals surface area contributed by atoms with Gasteiger partial charge in [0, 0.05) is 18.2 Å². The van der Waals surface area contributed by atoms with Crippen LogP contribution < -0.4 is 11.1 Å². The number of hydrogen-bond donors (Lipinski definition) is 3. The minimum Gasteiger partial charge on any atom is -0.396 e. The van der Waals surface area contributed by atoms with Crippen molar-refractivity contribution in [1.29, 1.82) is 0 Å². The Labute approximate surface area is 138 Å². The number of fused-ring (bicyclic) bond motifs is 1. The number of allylic oxidation sites excluding steroid dienone is 1. The van der Waals surface area contributed by atoms with Gasteiger partial charge in [-0.15, -0.1) is 0 Å². The molecule has 0 amide bonds. The monoisotopic (exact) mass is 322 g/mol. The van der Waals surface area contributed by atoms with Crippen molar-refractivity contribution >= 4 is 28.6 Å². The van der Waals surface area contributed by atoms with Gasteiger partial charge in [-0.05, 0) is 18.6 Å². The quantitative estimate of drug-likeness (QED) is 0.637. The van der Waals surface area contributed by atoms with Crippen molar-refractivity contribution < 1.29 is 5.11 Å². The summed E-state index contributed by atoms with van der Waals surface area (Å²) in [5.41, 5.74) is 8.17. The Bertz CT molecular complexity index is 889. The highest BCUT2D eigenvalue weighted by Crippen LogP contribution is 2.31. The van der Waals surface area contributed by atoms with E-state index in [1.54, 1.807) is 6.33 Å². The van der Waals surface area contributed by atoms with Crippen LogP contribution in [0.1, 0.15) is 12.5 Å². The summed E-state index contributed by atoms with van der Waals surface area (Å²) in [6.07, 6.45) is 6.69. The molecule has 122 valence electrons. The molecule has 2 heterocycles. The van der Waals surface area contributed by atoms with Crippen molar-refractivity contribution in [2.45, 2.75) is 12.5 Å². The summed E-state index contributed by atoms with van der Waals surface area (Å²) in [6.45, 7) is 0.150. The largest absolute Gasteiger partial charge is 0.396 e. The van der Waals surface area contributed by atoms with Gasteiger partial charge in [-0.2, -0.15) is 9.97 Å². The molecule has 4 N–H and O–H groups in total. The van der Waals surface area contributed by atoms with Gasteiger partial charge >= 0.3 is 0 Å². The fourth-order valence-corrected chi connectivity index (χ4v) is 3.02. The molecule has 0 saturated carbocycles. The number of aliphatic hydroxyl groups is 1.